The quantitative estimate of drug-likeness (QED) is 0.389. The van der Waals surface area contributed by atoms with Crippen molar-refractivity contribution in [2.75, 3.05) is 0 Å². The van der Waals surface area contributed by atoms with Gasteiger partial charge < -0.3 is 10.1 Å². The van der Waals surface area contributed by atoms with E-state index in [4.69, 9.17) is 16.7 Å². The molecule has 10 heteroatoms. The van der Waals surface area contributed by atoms with Crippen molar-refractivity contribution >= 4 is 40.2 Å². The maximum absolute atomic E-state index is 13.5. The van der Waals surface area contributed by atoms with Crippen molar-refractivity contribution in [3.63, 3.8) is 0 Å². The Morgan fingerprint density at radius 2 is 1.81 bits per heavy atom. The van der Waals surface area contributed by atoms with Crippen molar-refractivity contribution in [1.29, 1.82) is 0 Å². The predicted octanol–water partition coefficient (Wildman–Crippen LogP) is 4.49. The van der Waals surface area contributed by atoms with E-state index in [1.165, 1.54) is 11.3 Å². The molecule has 0 unspecified atom stereocenters. The zero-order valence-electron chi connectivity index (χ0n) is 19.8. The van der Waals surface area contributed by atoms with Crippen LogP contribution in [0.15, 0.2) is 71.0 Å². The number of pyridine rings is 1. The van der Waals surface area contributed by atoms with Crippen molar-refractivity contribution in [1.82, 2.24) is 20.0 Å². The Labute approximate surface area is 216 Å². The number of amides is 1. The summed E-state index contributed by atoms with van der Waals surface area (Å²) in [6.07, 6.45) is 2.72. The summed E-state index contributed by atoms with van der Waals surface area (Å²) in [6, 6.07) is 14.3. The van der Waals surface area contributed by atoms with E-state index in [1.807, 2.05) is 31.2 Å². The fourth-order valence-electron chi connectivity index (χ4n) is 4.49. The van der Waals surface area contributed by atoms with Crippen LogP contribution >= 0.6 is 11.6 Å². The topological polar surface area (TPSA) is 129 Å². The lowest BCUT2D eigenvalue weighted by Crippen LogP contribution is -2.27. The van der Waals surface area contributed by atoms with E-state index < -0.39 is 23.5 Å². The molecule has 3 heterocycles. The van der Waals surface area contributed by atoms with E-state index in [0.717, 1.165) is 16.7 Å². The second-order valence-corrected chi connectivity index (χ2v) is 9.24. The summed E-state index contributed by atoms with van der Waals surface area (Å²) >= 11 is 6.12. The number of hydrazone groups is 1. The SMILES string of the molecule is Cc1ccc([C@@H]2CC(c3c(-c4ccc(Cl)cc4)c4cncnc4[nH]c3=O)=NN2C(=O)CCC(=O)O)cc1. The lowest BCUT2D eigenvalue weighted by molar-refractivity contribution is -0.141. The van der Waals surface area contributed by atoms with Gasteiger partial charge in [0.15, 0.2) is 0 Å². The first kappa shape index (κ1) is 24.3. The molecule has 0 radical (unpaired) electrons. The monoisotopic (exact) mass is 515 g/mol. The van der Waals surface area contributed by atoms with Gasteiger partial charge in [0.05, 0.1) is 23.7 Å². The van der Waals surface area contributed by atoms with Crippen LogP contribution in [0.4, 0.5) is 0 Å². The van der Waals surface area contributed by atoms with Crippen molar-refractivity contribution < 1.29 is 14.7 Å². The number of carbonyl (C=O) groups excluding carboxylic acids is 1. The highest BCUT2D eigenvalue weighted by molar-refractivity contribution is 6.30. The number of carbonyl (C=O) groups is 2. The maximum atomic E-state index is 13.5. The van der Waals surface area contributed by atoms with Crippen molar-refractivity contribution in [2.24, 2.45) is 5.10 Å². The number of carboxylic acids is 1. The highest BCUT2D eigenvalue weighted by atomic mass is 35.5. The average Bonchev–Trinajstić information content (AvgIpc) is 3.32. The molecule has 0 fully saturated rings. The number of halogens is 1. The van der Waals surface area contributed by atoms with Crippen molar-refractivity contribution in [2.45, 2.75) is 32.2 Å². The van der Waals surface area contributed by atoms with Crippen molar-refractivity contribution in [3.05, 3.63) is 93.1 Å². The highest BCUT2D eigenvalue weighted by Crippen LogP contribution is 2.37. The zero-order valence-corrected chi connectivity index (χ0v) is 20.6. The molecular weight excluding hydrogens is 494 g/mol. The van der Waals surface area contributed by atoms with Gasteiger partial charge in [0.2, 0.25) is 5.91 Å². The Balaban J connectivity index is 1.68. The molecule has 186 valence electrons. The summed E-state index contributed by atoms with van der Waals surface area (Å²) in [6.45, 7) is 1.96. The Bertz CT molecular complexity index is 1600. The summed E-state index contributed by atoms with van der Waals surface area (Å²) in [4.78, 5) is 48.8. The van der Waals surface area contributed by atoms with E-state index in [-0.39, 0.29) is 19.3 Å². The second-order valence-electron chi connectivity index (χ2n) is 8.81. The van der Waals surface area contributed by atoms with Gasteiger partial charge in [0.1, 0.15) is 12.0 Å². The van der Waals surface area contributed by atoms with Gasteiger partial charge in [0, 0.05) is 35.0 Å². The van der Waals surface area contributed by atoms with Crippen LogP contribution in [0.3, 0.4) is 0 Å². The second kappa shape index (κ2) is 9.94. The number of benzene rings is 2. The molecule has 2 N–H and O–H groups in total. The number of aromatic amines is 1. The van der Waals surface area contributed by atoms with Gasteiger partial charge in [-0.3, -0.25) is 14.4 Å². The molecule has 0 saturated heterocycles. The number of fused-ring (bicyclic) bond motifs is 1. The number of carboxylic acid groups (broad SMARTS) is 1. The van der Waals surface area contributed by atoms with Gasteiger partial charge in [0.25, 0.3) is 5.56 Å². The molecule has 5 rings (SSSR count). The van der Waals surface area contributed by atoms with E-state index in [1.54, 1.807) is 30.5 Å². The molecule has 0 aliphatic carbocycles. The molecule has 1 amide bonds. The third-order valence-corrected chi connectivity index (χ3v) is 6.54. The Morgan fingerprint density at radius 3 is 2.51 bits per heavy atom. The van der Waals surface area contributed by atoms with E-state index >= 15 is 0 Å². The third-order valence-electron chi connectivity index (χ3n) is 6.29. The minimum atomic E-state index is -1.07. The van der Waals surface area contributed by atoms with Gasteiger partial charge in [-0.1, -0.05) is 53.6 Å². The van der Waals surface area contributed by atoms with Gasteiger partial charge in [-0.2, -0.15) is 5.10 Å². The lowest BCUT2D eigenvalue weighted by atomic mass is 9.92. The molecule has 0 bridgehead atoms. The summed E-state index contributed by atoms with van der Waals surface area (Å²) in [7, 11) is 0. The maximum Gasteiger partial charge on any atom is 0.303 e. The molecule has 0 saturated carbocycles. The fraction of sp³-hybridized carbons (Fsp3) is 0.185. The molecule has 1 aliphatic heterocycles. The van der Waals surface area contributed by atoms with Gasteiger partial charge >= 0.3 is 5.97 Å². The average molecular weight is 516 g/mol. The number of aromatic nitrogens is 3. The molecule has 2 aromatic carbocycles. The first-order valence-corrected chi connectivity index (χ1v) is 12.0. The number of H-pyrrole nitrogens is 1. The number of hydrogen-bond donors (Lipinski definition) is 2. The standard InChI is InChI=1S/C27H22ClN5O4/c1-15-2-4-16(5-3-15)21-12-20(32-33(21)22(34)10-11-23(35)36)25-24(17-6-8-18(28)9-7-17)19-13-29-14-30-26(19)31-27(25)37/h2-9,13-14,21H,10-12H2,1H3,(H,35,36)(H,29,30,31,37)/t21-/m0/s1. The lowest BCUT2D eigenvalue weighted by Gasteiger charge is -2.22. The molecule has 9 nitrogen and oxygen atoms in total. The smallest absolute Gasteiger partial charge is 0.303 e. The Morgan fingerprint density at radius 1 is 1.08 bits per heavy atom. The predicted molar refractivity (Wildman–Crippen MR) is 139 cm³/mol. The number of aliphatic carboxylic acids is 1. The summed E-state index contributed by atoms with van der Waals surface area (Å²) < 4.78 is 0. The number of hydrogen-bond acceptors (Lipinski definition) is 6. The molecular formula is C27H22ClN5O4. The van der Waals surface area contributed by atoms with Crippen LogP contribution < -0.4 is 5.56 Å². The molecule has 2 aromatic heterocycles. The van der Waals surface area contributed by atoms with Crippen LogP contribution in [0.1, 0.15) is 42.0 Å². The summed E-state index contributed by atoms with van der Waals surface area (Å²) in [5.74, 6) is -1.50. The van der Waals surface area contributed by atoms with Crippen LogP contribution in [-0.2, 0) is 9.59 Å². The minimum Gasteiger partial charge on any atom is -0.481 e. The van der Waals surface area contributed by atoms with Crippen LogP contribution in [0.25, 0.3) is 22.2 Å². The third kappa shape index (κ3) is 4.85. The molecule has 37 heavy (non-hydrogen) atoms. The number of rotatable bonds is 6. The number of nitrogens with zero attached hydrogens (tertiary/aromatic N) is 4. The normalized spacial score (nSPS) is 15.1. The Hall–Kier alpha value is -4.37. The van der Waals surface area contributed by atoms with Crippen LogP contribution in [0.5, 0.6) is 0 Å². The summed E-state index contributed by atoms with van der Waals surface area (Å²) in [5.41, 5.74) is 3.87. The number of aryl methyl sites for hydroxylation is 1. The van der Waals surface area contributed by atoms with Crippen molar-refractivity contribution in [3.8, 4) is 11.1 Å². The van der Waals surface area contributed by atoms with Gasteiger partial charge in [-0.05, 0) is 30.2 Å². The summed E-state index contributed by atoms with van der Waals surface area (Å²) in [5, 5.41) is 16.2. The fourth-order valence-corrected chi connectivity index (χ4v) is 4.62. The number of nitrogens with one attached hydrogen (secondary N) is 1. The van der Waals surface area contributed by atoms with E-state index in [0.29, 0.717) is 32.9 Å². The minimum absolute atomic E-state index is 0.208. The Kier molecular flexibility index (Phi) is 6.54. The zero-order chi connectivity index (χ0) is 26.1. The molecule has 0 spiro atoms. The first-order chi connectivity index (χ1) is 17.8. The van der Waals surface area contributed by atoms with Crippen LogP contribution in [0.2, 0.25) is 5.02 Å². The highest BCUT2D eigenvalue weighted by Gasteiger charge is 2.35. The van der Waals surface area contributed by atoms with Crippen LogP contribution in [0, 0.1) is 6.92 Å². The van der Waals surface area contributed by atoms with Gasteiger partial charge in [-0.15, -0.1) is 0 Å². The van der Waals surface area contributed by atoms with E-state index in [2.05, 4.69) is 20.1 Å². The van der Waals surface area contributed by atoms with Crippen LogP contribution in [-0.4, -0.2) is 42.7 Å². The molecule has 1 atom stereocenters. The molecule has 4 aromatic rings. The van der Waals surface area contributed by atoms with E-state index in [9.17, 15) is 14.4 Å². The largest absolute Gasteiger partial charge is 0.481 e. The van der Waals surface area contributed by atoms with Gasteiger partial charge in [-0.25, -0.2) is 15.0 Å². The molecule has 1 aliphatic rings. The first-order valence-electron chi connectivity index (χ1n) is 11.6.